The van der Waals surface area contributed by atoms with Gasteiger partial charge in [0.25, 0.3) is 6.02 Å². The van der Waals surface area contributed by atoms with E-state index in [-0.39, 0.29) is 35.8 Å². The Morgan fingerprint density at radius 3 is 2.76 bits per heavy atom. The summed E-state index contributed by atoms with van der Waals surface area (Å²) >= 11 is 0. The highest BCUT2D eigenvalue weighted by Gasteiger charge is 2.38. The molecule has 0 bridgehead atoms. The molecule has 2 aromatic heterocycles. The first kappa shape index (κ1) is 21.1. The lowest BCUT2D eigenvalue weighted by Crippen LogP contribution is -2.38. The minimum Gasteiger partial charge on any atom is -0.465 e. The number of nitrogens with zero attached hydrogens (tertiary/aromatic N) is 3. The lowest BCUT2D eigenvalue weighted by molar-refractivity contribution is 0.178. The van der Waals surface area contributed by atoms with Crippen molar-refractivity contribution >= 4 is 28.4 Å². The van der Waals surface area contributed by atoms with Crippen LogP contribution in [0.3, 0.4) is 0 Å². The van der Waals surface area contributed by atoms with Gasteiger partial charge >= 0.3 is 0 Å². The van der Waals surface area contributed by atoms with Crippen LogP contribution in [-0.4, -0.2) is 29.3 Å². The zero-order valence-electron chi connectivity index (χ0n) is 17.5. The summed E-state index contributed by atoms with van der Waals surface area (Å²) < 4.78 is 48.3. The molecule has 5 rings (SSSR count). The molecule has 1 aliphatic carbocycles. The summed E-state index contributed by atoms with van der Waals surface area (Å²) in [7, 11) is 0. The molecular weight excluding hydrogens is 431 g/mol. The normalized spacial score (nSPS) is 19.9. The van der Waals surface area contributed by atoms with Gasteiger partial charge in [-0.15, -0.1) is 0 Å². The lowest BCUT2D eigenvalue weighted by atomic mass is 9.87. The Bertz CT molecular complexity index is 1330. The first-order chi connectivity index (χ1) is 16.0. The molecule has 9 heteroatoms. The molecule has 2 aliphatic rings. The summed E-state index contributed by atoms with van der Waals surface area (Å²) in [6, 6.07) is 5.58. The van der Waals surface area contributed by atoms with Gasteiger partial charge in [0, 0.05) is 40.7 Å². The van der Waals surface area contributed by atoms with Gasteiger partial charge in [0.1, 0.15) is 23.5 Å². The van der Waals surface area contributed by atoms with Crippen LogP contribution in [0.2, 0.25) is 0 Å². The third-order valence-electron chi connectivity index (χ3n) is 5.72. The van der Waals surface area contributed by atoms with Crippen LogP contribution in [0, 0.1) is 29.4 Å². The standard InChI is InChI=1S/C24H20F3N5O/c25-13-24(7-8-33-23(28)32-24)18-10-16(5-6-19(18)26)31-22-21-17(20(27)12-30-22)9-15(11-29-21)4-3-14-1-2-14/h5-6,9-12,14H,1-2,7-8,13H2,(H2,28,32)(H,30,31)/t24-/m1/s1. The predicted molar refractivity (Wildman–Crippen MR) is 119 cm³/mol. The van der Waals surface area contributed by atoms with E-state index in [1.54, 1.807) is 12.3 Å². The fraction of sp³-hybridized carbons (Fsp3) is 0.292. The largest absolute Gasteiger partial charge is 0.465 e. The van der Waals surface area contributed by atoms with Gasteiger partial charge in [-0.1, -0.05) is 11.8 Å². The summed E-state index contributed by atoms with van der Waals surface area (Å²) in [5.74, 6) is 5.70. The highest BCUT2D eigenvalue weighted by molar-refractivity contribution is 5.90. The van der Waals surface area contributed by atoms with E-state index < -0.39 is 23.8 Å². The summed E-state index contributed by atoms with van der Waals surface area (Å²) in [6.07, 6.45) is 4.97. The number of fused-ring (bicyclic) bond motifs is 1. The van der Waals surface area contributed by atoms with Gasteiger partial charge in [0.2, 0.25) is 0 Å². The molecule has 33 heavy (non-hydrogen) atoms. The molecule has 168 valence electrons. The second kappa shape index (κ2) is 8.28. The Hall–Kier alpha value is -3.80. The van der Waals surface area contributed by atoms with E-state index in [0.29, 0.717) is 22.7 Å². The Kier molecular flexibility index (Phi) is 5.29. The summed E-state index contributed by atoms with van der Waals surface area (Å²) in [4.78, 5) is 12.5. The number of benzene rings is 1. The van der Waals surface area contributed by atoms with Gasteiger partial charge in [-0.05, 0) is 37.1 Å². The smallest absolute Gasteiger partial charge is 0.282 e. The van der Waals surface area contributed by atoms with E-state index >= 15 is 0 Å². The SMILES string of the molecule is NC1=N[C@](CF)(c2cc(Nc3ncc(F)c4cc(C#CC5CC5)cnc34)ccc2F)CCO1. The molecule has 3 N–H and O–H groups in total. The molecule has 0 saturated heterocycles. The second-order valence-electron chi connectivity index (χ2n) is 8.15. The number of nitrogens with two attached hydrogens (primary N) is 1. The van der Waals surface area contributed by atoms with Crippen molar-refractivity contribution in [3.63, 3.8) is 0 Å². The van der Waals surface area contributed by atoms with Crippen LogP contribution < -0.4 is 11.1 Å². The van der Waals surface area contributed by atoms with Crippen molar-refractivity contribution < 1.29 is 17.9 Å². The molecule has 1 fully saturated rings. The average Bonchev–Trinajstić information content (AvgIpc) is 3.65. The van der Waals surface area contributed by atoms with Gasteiger partial charge in [-0.2, -0.15) is 0 Å². The summed E-state index contributed by atoms with van der Waals surface area (Å²) in [5.41, 5.74) is 5.52. The number of ether oxygens (including phenoxy) is 1. The monoisotopic (exact) mass is 451 g/mol. The number of hydrogen-bond donors (Lipinski definition) is 2. The Morgan fingerprint density at radius 1 is 1.15 bits per heavy atom. The summed E-state index contributed by atoms with van der Waals surface area (Å²) in [5, 5.41) is 3.30. The number of alkyl halides is 1. The molecule has 1 aromatic carbocycles. The number of halogens is 3. The lowest BCUT2D eigenvalue weighted by Gasteiger charge is -2.31. The Balaban J connectivity index is 1.51. The maximum absolute atomic E-state index is 14.7. The van der Waals surface area contributed by atoms with E-state index in [0.717, 1.165) is 19.0 Å². The van der Waals surface area contributed by atoms with E-state index in [1.165, 1.54) is 18.2 Å². The van der Waals surface area contributed by atoms with Crippen LogP contribution in [0.1, 0.15) is 30.4 Å². The van der Waals surface area contributed by atoms with Crippen LogP contribution in [0.15, 0.2) is 41.7 Å². The van der Waals surface area contributed by atoms with Crippen molar-refractivity contribution in [1.82, 2.24) is 9.97 Å². The molecule has 0 radical (unpaired) electrons. The number of nitrogens with one attached hydrogen (secondary N) is 1. The topological polar surface area (TPSA) is 85.4 Å². The maximum atomic E-state index is 14.7. The summed E-state index contributed by atoms with van der Waals surface area (Å²) in [6.45, 7) is -0.822. The van der Waals surface area contributed by atoms with Crippen LogP contribution in [0.25, 0.3) is 10.9 Å². The van der Waals surface area contributed by atoms with Gasteiger partial charge in [-0.3, -0.25) is 4.98 Å². The number of anilines is 2. The van der Waals surface area contributed by atoms with E-state index in [2.05, 4.69) is 32.1 Å². The number of pyridine rings is 2. The van der Waals surface area contributed by atoms with Gasteiger partial charge < -0.3 is 15.8 Å². The van der Waals surface area contributed by atoms with Crippen molar-refractivity contribution in [2.75, 3.05) is 18.6 Å². The minimum absolute atomic E-state index is 0.0401. The third kappa shape index (κ3) is 4.16. The molecule has 1 atom stereocenters. The van der Waals surface area contributed by atoms with E-state index in [1.807, 2.05) is 0 Å². The molecule has 0 unspecified atom stereocenters. The first-order valence-corrected chi connectivity index (χ1v) is 10.5. The highest BCUT2D eigenvalue weighted by Crippen LogP contribution is 2.37. The zero-order valence-corrected chi connectivity index (χ0v) is 17.5. The van der Waals surface area contributed by atoms with E-state index in [9.17, 15) is 13.2 Å². The van der Waals surface area contributed by atoms with Crippen LogP contribution in [0.5, 0.6) is 0 Å². The van der Waals surface area contributed by atoms with Crippen LogP contribution in [-0.2, 0) is 10.3 Å². The quantitative estimate of drug-likeness (QED) is 0.578. The number of hydrogen-bond acceptors (Lipinski definition) is 6. The van der Waals surface area contributed by atoms with Gasteiger partial charge in [0.15, 0.2) is 11.6 Å². The Morgan fingerprint density at radius 2 is 2.00 bits per heavy atom. The van der Waals surface area contributed by atoms with Crippen molar-refractivity contribution in [3.8, 4) is 11.8 Å². The minimum atomic E-state index is -1.48. The number of aliphatic imine (C=N–C) groups is 1. The molecule has 6 nitrogen and oxygen atoms in total. The van der Waals surface area contributed by atoms with Gasteiger partial charge in [-0.25, -0.2) is 23.1 Å². The fourth-order valence-electron chi connectivity index (χ4n) is 3.74. The van der Waals surface area contributed by atoms with E-state index in [4.69, 9.17) is 10.5 Å². The van der Waals surface area contributed by atoms with Crippen molar-refractivity contribution in [1.29, 1.82) is 0 Å². The van der Waals surface area contributed by atoms with Crippen molar-refractivity contribution in [3.05, 3.63) is 59.4 Å². The molecule has 0 amide bonds. The number of rotatable bonds is 4. The third-order valence-corrected chi connectivity index (χ3v) is 5.72. The first-order valence-electron chi connectivity index (χ1n) is 10.5. The molecule has 1 aliphatic heterocycles. The molecule has 3 heterocycles. The maximum Gasteiger partial charge on any atom is 0.282 e. The highest BCUT2D eigenvalue weighted by atomic mass is 19.1. The van der Waals surface area contributed by atoms with Crippen molar-refractivity contribution in [2.24, 2.45) is 16.6 Å². The Labute approximate surface area is 188 Å². The average molecular weight is 451 g/mol. The van der Waals surface area contributed by atoms with Crippen molar-refractivity contribution in [2.45, 2.75) is 24.8 Å². The molecule has 0 spiro atoms. The molecule has 3 aromatic rings. The molecule has 1 saturated carbocycles. The van der Waals surface area contributed by atoms with Gasteiger partial charge in [0.05, 0.1) is 12.8 Å². The number of amidine groups is 1. The molecular formula is C24H20F3N5O. The predicted octanol–water partition coefficient (Wildman–Crippen LogP) is 4.31. The number of aromatic nitrogens is 2. The second-order valence-corrected chi connectivity index (χ2v) is 8.15. The fourth-order valence-corrected chi connectivity index (χ4v) is 3.74. The van der Waals surface area contributed by atoms with Crippen LogP contribution >= 0.6 is 0 Å². The van der Waals surface area contributed by atoms with Crippen LogP contribution in [0.4, 0.5) is 24.7 Å². The zero-order chi connectivity index (χ0) is 23.0.